The van der Waals surface area contributed by atoms with Gasteiger partial charge in [0.15, 0.2) is 0 Å². The Morgan fingerprint density at radius 1 is 1.41 bits per heavy atom. The minimum absolute atomic E-state index is 0.482. The predicted octanol–water partition coefficient (Wildman–Crippen LogP) is 2.54. The lowest BCUT2D eigenvalue weighted by atomic mass is 10.1. The predicted molar refractivity (Wildman–Crippen MR) is 72.3 cm³/mol. The maximum Gasteiger partial charge on any atom is 0.137 e. The first-order chi connectivity index (χ1) is 8.11. The summed E-state index contributed by atoms with van der Waals surface area (Å²) < 4.78 is 5.17. The quantitative estimate of drug-likeness (QED) is 0.878. The molecule has 1 aromatic carbocycles. The SMILES string of the molecule is COc1ccc(N2CC(C)NCC2C)cc1Cl. The molecule has 0 spiro atoms. The summed E-state index contributed by atoms with van der Waals surface area (Å²) in [4.78, 5) is 2.38. The van der Waals surface area contributed by atoms with Crippen LogP contribution in [0.2, 0.25) is 5.02 Å². The molecular formula is C13H19ClN2O. The Labute approximate surface area is 108 Å². The highest BCUT2D eigenvalue weighted by molar-refractivity contribution is 6.32. The molecule has 0 amide bonds. The van der Waals surface area contributed by atoms with Gasteiger partial charge in [-0.05, 0) is 32.0 Å². The molecule has 2 unspecified atom stereocenters. The Kier molecular flexibility index (Phi) is 3.79. The van der Waals surface area contributed by atoms with Crippen molar-refractivity contribution in [1.29, 1.82) is 0 Å². The topological polar surface area (TPSA) is 24.5 Å². The Morgan fingerprint density at radius 3 is 2.82 bits per heavy atom. The molecule has 94 valence electrons. The lowest BCUT2D eigenvalue weighted by Crippen LogP contribution is -2.54. The minimum atomic E-state index is 0.482. The van der Waals surface area contributed by atoms with E-state index in [1.54, 1.807) is 7.11 Å². The number of anilines is 1. The lowest BCUT2D eigenvalue weighted by Gasteiger charge is -2.39. The second kappa shape index (κ2) is 5.15. The number of methoxy groups -OCH3 is 1. The van der Waals surface area contributed by atoms with Crippen LogP contribution in [-0.4, -0.2) is 32.3 Å². The minimum Gasteiger partial charge on any atom is -0.495 e. The van der Waals surface area contributed by atoms with E-state index < -0.39 is 0 Å². The highest BCUT2D eigenvalue weighted by Crippen LogP contribution is 2.30. The molecule has 1 fully saturated rings. The van der Waals surface area contributed by atoms with Crippen molar-refractivity contribution < 1.29 is 4.74 Å². The maximum atomic E-state index is 6.17. The number of hydrogen-bond acceptors (Lipinski definition) is 3. The number of piperazine rings is 1. The molecule has 2 atom stereocenters. The average Bonchev–Trinajstić information content (AvgIpc) is 2.32. The number of halogens is 1. The molecule has 1 heterocycles. The monoisotopic (exact) mass is 254 g/mol. The molecule has 0 radical (unpaired) electrons. The molecule has 1 saturated heterocycles. The fourth-order valence-corrected chi connectivity index (χ4v) is 2.47. The third kappa shape index (κ3) is 2.67. The summed E-state index contributed by atoms with van der Waals surface area (Å²) >= 11 is 6.17. The summed E-state index contributed by atoms with van der Waals surface area (Å²) in [7, 11) is 1.64. The first-order valence-electron chi connectivity index (χ1n) is 5.95. The molecule has 1 aromatic rings. The summed E-state index contributed by atoms with van der Waals surface area (Å²) in [5.41, 5.74) is 1.16. The standard InChI is InChI=1S/C13H19ClN2O/c1-9-8-16(10(2)7-15-9)11-4-5-13(17-3)12(14)6-11/h4-6,9-10,15H,7-8H2,1-3H3. The van der Waals surface area contributed by atoms with Crippen molar-refractivity contribution >= 4 is 17.3 Å². The van der Waals surface area contributed by atoms with Crippen LogP contribution in [0.1, 0.15) is 13.8 Å². The van der Waals surface area contributed by atoms with Crippen LogP contribution in [0.15, 0.2) is 18.2 Å². The zero-order chi connectivity index (χ0) is 12.4. The van der Waals surface area contributed by atoms with Gasteiger partial charge in [0.2, 0.25) is 0 Å². The van der Waals surface area contributed by atoms with E-state index in [9.17, 15) is 0 Å². The van der Waals surface area contributed by atoms with Gasteiger partial charge in [-0.2, -0.15) is 0 Å². The van der Waals surface area contributed by atoms with Gasteiger partial charge in [0.25, 0.3) is 0 Å². The van der Waals surface area contributed by atoms with Gasteiger partial charge in [-0.1, -0.05) is 11.6 Å². The normalized spacial score (nSPS) is 24.8. The second-order valence-corrected chi connectivity index (χ2v) is 5.04. The summed E-state index contributed by atoms with van der Waals surface area (Å²) in [6.07, 6.45) is 0. The van der Waals surface area contributed by atoms with Gasteiger partial charge in [0, 0.05) is 30.9 Å². The van der Waals surface area contributed by atoms with Crippen LogP contribution < -0.4 is 15.0 Å². The largest absolute Gasteiger partial charge is 0.495 e. The molecule has 0 aromatic heterocycles. The van der Waals surface area contributed by atoms with E-state index in [2.05, 4.69) is 30.1 Å². The highest BCUT2D eigenvalue weighted by Gasteiger charge is 2.22. The molecule has 4 heteroatoms. The van der Waals surface area contributed by atoms with E-state index in [-0.39, 0.29) is 0 Å². The molecular weight excluding hydrogens is 236 g/mol. The van der Waals surface area contributed by atoms with Crippen molar-refractivity contribution in [3.8, 4) is 5.75 Å². The van der Waals surface area contributed by atoms with Crippen LogP contribution in [0.25, 0.3) is 0 Å². The zero-order valence-corrected chi connectivity index (χ0v) is 11.3. The lowest BCUT2D eigenvalue weighted by molar-refractivity contribution is 0.413. The van der Waals surface area contributed by atoms with Crippen LogP contribution in [0, 0.1) is 0 Å². The van der Waals surface area contributed by atoms with Crippen molar-refractivity contribution in [3.05, 3.63) is 23.2 Å². The van der Waals surface area contributed by atoms with E-state index in [1.165, 1.54) is 0 Å². The van der Waals surface area contributed by atoms with Gasteiger partial charge in [0.1, 0.15) is 5.75 Å². The van der Waals surface area contributed by atoms with Gasteiger partial charge >= 0.3 is 0 Å². The molecule has 3 nitrogen and oxygen atoms in total. The zero-order valence-electron chi connectivity index (χ0n) is 10.5. The molecule has 1 N–H and O–H groups in total. The summed E-state index contributed by atoms with van der Waals surface area (Å²) in [6, 6.07) is 6.97. The van der Waals surface area contributed by atoms with E-state index in [4.69, 9.17) is 16.3 Å². The van der Waals surface area contributed by atoms with E-state index in [0.29, 0.717) is 17.1 Å². The maximum absolute atomic E-state index is 6.17. The van der Waals surface area contributed by atoms with Crippen LogP contribution in [0.4, 0.5) is 5.69 Å². The number of nitrogens with one attached hydrogen (secondary N) is 1. The average molecular weight is 255 g/mol. The highest BCUT2D eigenvalue weighted by atomic mass is 35.5. The smallest absolute Gasteiger partial charge is 0.137 e. The molecule has 0 bridgehead atoms. The third-order valence-corrected chi connectivity index (χ3v) is 3.53. The van der Waals surface area contributed by atoms with Crippen LogP contribution in [0.5, 0.6) is 5.75 Å². The molecule has 2 rings (SSSR count). The number of rotatable bonds is 2. The molecule has 1 aliphatic rings. The van der Waals surface area contributed by atoms with Gasteiger partial charge in [-0.3, -0.25) is 0 Å². The Bertz CT molecular complexity index is 397. The van der Waals surface area contributed by atoms with E-state index in [1.807, 2.05) is 12.1 Å². The molecule has 0 saturated carbocycles. The van der Waals surface area contributed by atoms with Crippen LogP contribution in [0.3, 0.4) is 0 Å². The van der Waals surface area contributed by atoms with E-state index in [0.717, 1.165) is 24.5 Å². The van der Waals surface area contributed by atoms with Crippen LogP contribution in [-0.2, 0) is 0 Å². The fraction of sp³-hybridized carbons (Fsp3) is 0.538. The van der Waals surface area contributed by atoms with Crippen molar-refractivity contribution in [2.45, 2.75) is 25.9 Å². The van der Waals surface area contributed by atoms with Gasteiger partial charge < -0.3 is 15.0 Å². The van der Waals surface area contributed by atoms with Gasteiger partial charge in [-0.15, -0.1) is 0 Å². The van der Waals surface area contributed by atoms with Crippen molar-refractivity contribution in [2.24, 2.45) is 0 Å². The van der Waals surface area contributed by atoms with Crippen molar-refractivity contribution in [2.75, 3.05) is 25.1 Å². The fourth-order valence-electron chi connectivity index (χ4n) is 2.22. The van der Waals surface area contributed by atoms with Crippen molar-refractivity contribution in [3.63, 3.8) is 0 Å². The van der Waals surface area contributed by atoms with E-state index >= 15 is 0 Å². The first kappa shape index (κ1) is 12.5. The van der Waals surface area contributed by atoms with Crippen molar-refractivity contribution in [1.82, 2.24) is 5.32 Å². The summed E-state index contributed by atoms with van der Waals surface area (Å²) in [5.74, 6) is 0.728. The Morgan fingerprint density at radius 2 is 2.18 bits per heavy atom. The Hall–Kier alpha value is -0.930. The number of benzene rings is 1. The third-order valence-electron chi connectivity index (χ3n) is 3.23. The summed E-state index contributed by atoms with van der Waals surface area (Å²) in [5, 5.41) is 4.14. The molecule has 17 heavy (non-hydrogen) atoms. The molecule has 0 aliphatic carbocycles. The number of hydrogen-bond donors (Lipinski definition) is 1. The van der Waals surface area contributed by atoms with Crippen LogP contribution >= 0.6 is 11.6 Å². The number of nitrogens with zero attached hydrogens (tertiary/aromatic N) is 1. The Balaban J connectivity index is 2.23. The number of ether oxygens (including phenoxy) is 1. The second-order valence-electron chi connectivity index (χ2n) is 4.63. The van der Waals surface area contributed by atoms with Gasteiger partial charge in [0.05, 0.1) is 12.1 Å². The first-order valence-corrected chi connectivity index (χ1v) is 6.33. The summed E-state index contributed by atoms with van der Waals surface area (Å²) in [6.45, 7) is 6.43. The van der Waals surface area contributed by atoms with Gasteiger partial charge in [-0.25, -0.2) is 0 Å². The molecule has 1 aliphatic heterocycles.